The van der Waals surface area contributed by atoms with Crippen LogP contribution in [0.1, 0.15) is 26.2 Å². The molecule has 9 heavy (non-hydrogen) atoms. The molecule has 1 rings (SSSR count). The average Bonchev–Trinajstić information content (AvgIpc) is 1.81. The second-order valence-electron chi connectivity index (χ2n) is 3.15. The van der Waals surface area contributed by atoms with Gasteiger partial charge in [0.05, 0.1) is 6.04 Å². The molecular formula is C8H13N. The van der Waals surface area contributed by atoms with Crippen molar-refractivity contribution in [3.8, 4) is 12.3 Å². The molecular weight excluding hydrogens is 110 g/mol. The number of rotatable bonds is 1. The summed E-state index contributed by atoms with van der Waals surface area (Å²) in [5, 5.41) is 0. The Hall–Kier alpha value is -0.480. The molecule has 1 aliphatic rings. The van der Waals surface area contributed by atoms with Crippen LogP contribution in [0.25, 0.3) is 0 Å². The molecule has 2 N–H and O–H groups in total. The van der Waals surface area contributed by atoms with E-state index >= 15 is 0 Å². The van der Waals surface area contributed by atoms with Gasteiger partial charge in [0.2, 0.25) is 0 Å². The Balaban J connectivity index is 2.51. The monoisotopic (exact) mass is 123 g/mol. The van der Waals surface area contributed by atoms with Gasteiger partial charge >= 0.3 is 0 Å². The van der Waals surface area contributed by atoms with Crippen molar-refractivity contribution in [2.45, 2.75) is 32.2 Å². The van der Waals surface area contributed by atoms with E-state index in [4.69, 9.17) is 12.2 Å². The maximum Gasteiger partial charge on any atom is 0.0716 e. The van der Waals surface area contributed by atoms with E-state index in [1.54, 1.807) is 0 Å². The van der Waals surface area contributed by atoms with Gasteiger partial charge in [-0.25, -0.2) is 0 Å². The van der Waals surface area contributed by atoms with Crippen LogP contribution in [-0.2, 0) is 0 Å². The molecule has 50 valence electrons. The predicted molar refractivity (Wildman–Crippen MR) is 38.8 cm³/mol. The van der Waals surface area contributed by atoms with Gasteiger partial charge in [0.1, 0.15) is 0 Å². The van der Waals surface area contributed by atoms with Gasteiger partial charge in [0, 0.05) is 0 Å². The lowest BCUT2D eigenvalue weighted by Gasteiger charge is -2.40. The van der Waals surface area contributed by atoms with Crippen molar-refractivity contribution >= 4 is 0 Å². The summed E-state index contributed by atoms with van der Waals surface area (Å²) < 4.78 is 0. The van der Waals surface area contributed by atoms with E-state index in [1.807, 2.05) is 0 Å². The second-order valence-corrected chi connectivity index (χ2v) is 3.15. The molecule has 1 atom stereocenters. The third-order valence-electron chi connectivity index (χ3n) is 2.43. The lowest BCUT2D eigenvalue weighted by atomic mass is 9.66. The molecule has 0 aromatic heterocycles. The summed E-state index contributed by atoms with van der Waals surface area (Å²) in [5.74, 6) is 2.59. The molecule has 1 unspecified atom stereocenters. The van der Waals surface area contributed by atoms with Crippen LogP contribution in [0.15, 0.2) is 0 Å². The van der Waals surface area contributed by atoms with Crippen LogP contribution >= 0.6 is 0 Å². The quantitative estimate of drug-likeness (QED) is 0.520. The van der Waals surface area contributed by atoms with E-state index in [0.29, 0.717) is 0 Å². The van der Waals surface area contributed by atoms with Crippen LogP contribution in [0.5, 0.6) is 0 Å². The molecule has 0 radical (unpaired) electrons. The highest BCUT2D eigenvalue weighted by Crippen LogP contribution is 2.42. The van der Waals surface area contributed by atoms with Gasteiger partial charge < -0.3 is 5.73 Å². The van der Waals surface area contributed by atoms with Crippen molar-refractivity contribution in [3.63, 3.8) is 0 Å². The molecule has 0 spiro atoms. The summed E-state index contributed by atoms with van der Waals surface area (Å²) in [6, 6.07) is -0.0220. The number of nitrogens with two attached hydrogens (primary N) is 1. The highest BCUT2D eigenvalue weighted by atomic mass is 14.7. The Kier molecular flexibility index (Phi) is 1.50. The summed E-state index contributed by atoms with van der Waals surface area (Å²) in [7, 11) is 0. The molecule has 0 amide bonds. The Bertz CT molecular complexity index is 139. The van der Waals surface area contributed by atoms with Gasteiger partial charge in [-0.3, -0.25) is 0 Å². The smallest absolute Gasteiger partial charge is 0.0716 e. The fourth-order valence-corrected chi connectivity index (χ4v) is 1.25. The van der Waals surface area contributed by atoms with Crippen LogP contribution in [0, 0.1) is 17.8 Å². The van der Waals surface area contributed by atoms with Gasteiger partial charge in [-0.2, -0.15) is 0 Å². The summed E-state index contributed by atoms with van der Waals surface area (Å²) in [6.07, 6.45) is 8.90. The van der Waals surface area contributed by atoms with Gasteiger partial charge in [-0.15, -0.1) is 6.42 Å². The molecule has 1 heteroatoms. The minimum absolute atomic E-state index is 0.0220. The average molecular weight is 123 g/mol. The SMILES string of the molecule is C#CC(N)C1(C)CCC1. The Morgan fingerprint density at radius 2 is 2.22 bits per heavy atom. The van der Waals surface area contributed by atoms with E-state index in [1.165, 1.54) is 19.3 Å². The normalized spacial score (nSPS) is 25.9. The first-order chi connectivity index (χ1) is 4.19. The fourth-order valence-electron chi connectivity index (χ4n) is 1.25. The minimum Gasteiger partial charge on any atom is -0.317 e. The number of hydrogen-bond acceptors (Lipinski definition) is 1. The number of hydrogen-bond donors (Lipinski definition) is 1. The van der Waals surface area contributed by atoms with Crippen molar-refractivity contribution in [3.05, 3.63) is 0 Å². The van der Waals surface area contributed by atoms with Crippen LogP contribution in [-0.4, -0.2) is 6.04 Å². The van der Waals surface area contributed by atoms with E-state index in [9.17, 15) is 0 Å². The van der Waals surface area contributed by atoms with Crippen molar-refractivity contribution in [2.24, 2.45) is 11.1 Å². The van der Waals surface area contributed by atoms with Gasteiger partial charge in [-0.1, -0.05) is 19.3 Å². The van der Waals surface area contributed by atoms with Crippen LogP contribution in [0.3, 0.4) is 0 Å². The highest BCUT2D eigenvalue weighted by molar-refractivity contribution is 5.08. The Labute approximate surface area is 56.6 Å². The zero-order chi connectivity index (χ0) is 6.91. The number of terminal acetylenes is 1. The van der Waals surface area contributed by atoms with E-state index in [2.05, 4.69) is 12.8 Å². The standard InChI is InChI=1S/C8H13N/c1-3-7(9)8(2)5-4-6-8/h1,7H,4-6,9H2,2H3. The third-order valence-corrected chi connectivity index (χ3v) is 2.43. The fraction of sp³-hybridized carbons (Fsp3) is 0.750. The zero-order valence-corrected chi connectivity index (χ0v) is 5.85. The lowest BCUT2D eigenvalue weighted by molar-refractivity contribution is 0.145. The Morgan fingerprint density at radius 1 is 1.67 bits per heavy atom. The first-order valence-corrected chi connectivity index (χ1v) is 3.41. The Morgan fingerprint density at radius 3 is 2.33 bits per heavy atom. The first kappa shape index (κ1) is 6.64. The maximum atomic E-state index is 5.68. The summed E-state index contributed by atoms with van der Waals surface area (Å²) in [6.45, 7) is 2.17. The van der Waals surface area contributed by atoms with Crippen LogP contribution < -0.4 is 5.73 Å². The maximum absolute atomic E-state index is 5.68. The van der Waals surface area contributed by atoms with Gasteiger partial charge in [-0.05, 0) is 18.3 Å². The summed E-state index contributed by atoms with van der Waals surface area (Å²) in [5.41, 5.74) is 5.95. The third kappa shape index (κ3) is 0.951. The topological polar surface area (TPSA) is 26.0 Å². The van der Waals surface area contributed by atoms with Gasteiger partial charge in [0.25, 0.3) is 0 Å². The molecule has 1 saturated carbocycles. The summed E-state index contributed by atoms with van der Waals surface area (Å²) in [4.78, 5) is 0. The van der Waals surface area contributed by atoms with Crippen LogP contribution in [0.4, 0.5) is 0 Å². The molecule has 0 saturated heterocycles. The van der Waals surface area contributed by atoms with Gasteiger partial charge in [0.15, 0.2) is 0 Å². The predicted octanol–water partition coefficient (Wildman–Crippen LogP) is 1.14. The largest absolute Gasteiger partial charge is 0.317 e. The molecule has 1 fully saturated rings. The summed E-state index contributed by atoms with van der Waals surface area (Å²) >= 11 is 0. The van der Waals surface area contributed by atoms with E-state index in [-0.39, 0.29) is 11.5 Å². The second kappa shape index (κ2) is 2.04. The molecule has 1 aliphatic carbocycles. The minimum atomic E-state index is -0.0220. The molecule has 0 aromatic carbocycles. The van der Waals surface area contributed by atoms with E-state index in [0.717, 1.165) is 0 Å². The van der Waals surface area contributed by atoms with Crippen LogP contribution in [0.2, 0.25) is 0 Å². The first-order valence-electron chi connectivity index (χ1n) is 3.41. The molecule has 0 heterocycles. The molecule has 1 nitrogen and oxygen atoms in total. The molecule has 0 bridgehead atoms. The van der Waals surface area contributed by atoms with Crippen molar-refractivity contribution in [2.75, 3.05) is 0 Å². The zero-order valence-electron chi connectivity index (χ0n) is 5.85. The van der Waals surface area contributed by atoms with Crippen molar-refractivity contribution in [1.82, 2.24) is 0 Å². The molecule has 0 aromatic rings. The lowest BCUT2D eigenvalue weighted by Crippen LogP contribution is -2.43. The van der Waals surface area contributed by atoms with Crippen molar-refractivity contribution in [1.29, 1.82) is 0 Å². The molecule has 0 aliphatic heterocycles. The van der Waals surface area contributed by atoms with Crippen molar-refractivity contribution < 1.29 is 0 Å². The van der Waals surface area contributed by atoms with E-state index < -0.39 is 0 Å². The highest BCUT2D eigenvalue weighted by Gasteiger charge is 2.36.